The van der Waals surface area contributed by atoms with Gasteiger partial charge in [0.1, 0.15) is 0 Å². The zero-order valence-electron chi connectivity index (χ0n) is 19.7. The van der Waals surface area contributed by atoms with E-state index >= 15 is 0 Å². The second kappa shape index (κ2) is 6.48. The number of phenolic OH excluding ortho intramolecular Hbond substituents is 1. The lowest BCUT2D eigenvalue weighted by Crippen LogP contribution is -2.68. The van der Waals surface area contributed by atoms with Crippen molar-refractivity contribution in [2.45, 2.75) is 64.5 Å². The number of benzene rings is 2. The van der Waals surface area contributed by atoms with Crippen LogP contribution >= 0.6 is 0 Å². The topological polar surface area (TPSA) is 45.6 Å². The molecule has 4 atom stereocenters. The highest BCUT2D eigenvalue weighted by atomic mass is 16.5. The number of piperidine rings is 1. The summed E-state index contributed by atoms with van der Waals surface area (Å²) in [6, 6.07) is 12.9. The summed E-state index contributed by atoms with van der Waals surface area (Å²) in [7, 11) is 2.28. The van der Waals surface area contributed by atoms with E-state index in [0.717, 1.165) is 37.0 Å². The van der Waals surface area contributed by atoms with E-state index in [4.69, 9.17) is 9.72 Å². The molecule has 1 spiro atoms. The number of likely N-dealkylation sites (N-methyl/N-ethyl adjacent to an activating group) is 1. The number of pyridine rings is 1. The fraction of sp³-hybridized carbons (Fsp3) is 0.464. The van der Waals surface area contributed by atoms with E-state index in [1.54, 1.807) is 0 Å². The average molecular weight is 429 g/mol. The van der Waals surface area contributed by atoms with Crippen LogP contribution in [0.5, 0.6) is 11.5 Å². The van der Waals surface area contributed by atoms with Crippen molar-refractivity contribution in [1.82, 2.24) is 9.88 Å². The zero-order valence-corrected chi connectivity index (χ0v) is 19.7. The lowest BCUT2D eigenvalue weighted by Gasteiger charge is -2.64. The standard InChI is InChI=1S/C26H26N2O2.C2H6/c1-14-16-6-4-5-7-18(16)27-22-17(14)13-25(2)20-12-15-8-9-19(29)23-21(15)26(25,24(22)30-23)10-11-28(20)3;1-2/h4-9,20,24,29H,10-13H2,1-3H3;1-2H3/t20-,24+,25+,26+;/m1./s1. The van der Waals surface area contributed by atoms with Crippen molar-refractivity contribution in [2.24, 2.45) is 5.41 Å². The molecule has 1 aromatic heterocycles. The molecule has 2 bridgehead atoms. The number of fused-ring (bicyclic) bond motifs is 3. The molecule has 1 fully saturated rings. The Bertz CT molecular complexity index is 1270. The number of likely N-dealkylation sites (tertiary alicyclic amines) is 1. The fourth-order valence-corrected chi connectivity index (χ4v) is 7.56. The predicted molar refractivity (Wildman–Crippen MR) is 128 cm³/mol. The molecule has 4 nitrogen and oxygen atoms in total. The first-order valence-electron chi connectivity index (χ1n) is 12.1. The monoisotopic (exact) mass is 428 g/mol. The van der Waals surface area contributed by atoms with E-state index in [1.165, 1.54) is 27.6 Å². The van der Waals surface area contributed by atoms with E-state index in [-0.39, 0.29) is 22.7 Å². The van der Waals surface area contributed by atoms with E-state index in [1.807, 2.05) is 19.9 Å². The second-order valence-electron chi connectivity index (χ2n) is 10.1. The number of hydrogen-bond donors (Lipinski definition) is 1. The average Bonchev–Trinajstić information content (AvgIpc) is 3.16. The minimum Gasteiger partial charge on any atom is -0.504 e. The van der Waals surface area contributed by atoms with Gasteiger partial charge in [0.2, 0.25) is 0 Å². The predicted octanol–water partition coefficient (Wildman–Crippen LogP) is 5.47. The molecule has 2 aliphatic heterocycles. The van der Waals surface area contributed by atoms with Crippen LogP contribution in [-0.4, -0.2) is 34.6 Å². The molecular formula is C28H32N2O2. The number of para-hydroxylation sites is 1. The maximum atomic E-state index is 10.8. The summed E-state index contributed by atoms with van der Waals surface area (Å²) in [5, 5.41) is 12.0. The molecule has 1 saturated heterocycles. The molecule has 0 amide bonds. The summed E-state index contributed by atoms with van der Waals surface area (Å²) in [4.78, 5) is 7.75. The molecule has 0 radical (unpaired) electrons. The summed E-state index contributed by atoms with van der Waals surface area (Å²) < 4.78 is 6.71. The van der Waals surface area contributed by atoms with Gasteiger partial charge in [0.05, 0.1) is 16.6 Å². The van der Waals surface area contributed by atoms with Crippen LogP contribution in [0.4, 0.5) is 0 Å². The Hall–Kier alpha value is -2.59. The van der Waals surface area contributed by atoms with Gasteiger partial charge >= 0.3 is 0 Å². The van der Waals surface area contributed by atoms with Gasteiger partial charge in [0, 0.05) is 22.4 Å². The van der Waals surface area contributed by atoms with Gasteiger partial charge in [-0.2, -0.15) is 0 Å². The Labute approximate surface area is 190 Å². The molecule has 1 N–H and O–H groups in total. The molecule has 0 unspecified atom stereocenters. The molecule has 4 aliphatic rings. The highest BCUT2D eigenvalue weighted by molar-refractivity contribution is 5.84. The molecule has 3 heterocycles. The van der Waals surface area contributed by atoms with Gasteiger partial charge in [-0.1, -0.05) is 45.0 Å². The number of aromatic nitrogens is 1. The number of hydrogen-bond acceptors (Lipinski definition) is 4. The highest BCUT2D eigenvalue weighted by Gasteiger charge is 2.70. The molecule has 2 aliphatic carbocycles. The lowest BCUT2D eigenvalue weighted by atomic mass is 9.44. The van der Waals surface area contributed by atoms with Crippen molar-refractivity contribution in [3.63, 3.8) is 0 Å². The Morgan fingerprint density at radius 3 is 2.75 bits per heavy atom. The summed E-state index contributed by atoms with van der Waals surface area (Å²) in [5.74, 6) is 0.989. The second-order valence-corrected chi connectivity index (χ2v) is 10.1. The third-order valence-corrected chi connectivity index (χ3v) is 9.01. The molecule has 3 aromatic rings. The van der Waals surface area contributed by atoms with Gasteiger partial charge in [-0.15, -0.1) is 0 Å². The third-order valence-electron chi connectivity index (χ3n) is 9.01. The van der Waals surface area contributed by atoms with Gasteiger partial charge in [0.25, 0.3) is 0 Å². The van der Waals surface area contributed by atoms with Crippen LogP contribution in [0.25, 0.3) is 10.9 Å². The Morgan fingerprint density at radius 1 is 1.16 bits per heavy atom. The van der Waals surface area contributed by atoms with Crippen LogP contribution in [0.15, 0.2) is 36.4 Å². The van der Waals surface area contributed by atoms with Crippen molar-refractivity contribution >= 4 is 10.9 Å². The number of nitrogens with zero attached hydrogens (tertiary/aromatic N) is 2. The normalized spacial score (nSPS) is 31.3. The van der Waals surface area contributed by atoms with Crippen molar-refractivity contribution in [1.29, 1.82) is 0 Å². The van der Waals surface area contributed by atoms with Gasteiger partial charge in [0.15, 0.2) is 17.6 Å². The summed E-state index contributed by atoms with van der Waals surface area (Å²) in [5.41, 5.74) is 7.36. The molecule has 2 aromatic carbocycles. The molecule has 4 heteroatoms. The SMILES string of the molecule is CC.Cc1c2c(nc3ccccc13)[C@@H]1Oc3c(O)ccc4c3[C@@]13CCN(C)[C@H](C4)[C@]3(C)C2. The Morgan fingerprint density at radius 2 is 1.94 bits per heavy atom. The van der Waals surface area contributed by atoms with E-state index < -0.39 is 0 Å². The largest absolute Gasteiger partial charge is 0.504 e. The van der Waals surface area contributed by atoms with Gasteiger partial charge in [-0.05, 0) is 68.6 Å². The maximum absolute atomic E-state index is 10.8. The minimum absolute atomic E-state index is 0.0403. The van der Waals surface area contributed by atoms with Gasteiger partial charge in [-0.25, -0.2) is 4.98 Å². The molecule has 0 saturated carbocycles. The van der Waals surface area contributed by atoms with Crippen LogP contribution in [0.1, 0.15) is 61.2 Å². The molecule has 166 valence electrons. The van der Waals surface area contributed by atoms with Crippen molar-refractivity contribution in [3.05, 3.63) is 64.3 Å². The maximum Gasteiger partial charge on any atom is 0.166 e. The first-order chi connectivity index (χ1) is 15.5. The number of aromatic hydroxyl groups is 1. The van der Waals surface area contributed by atoms with Crippen LogP contribution in [0.3, 0.4) is 0 Å². The number of phenols is 1. The lowest BCUT2D eigenvalue weighted by molar-refractivity contribution is -0.0911. The van der Waals surface area contributed by atoms with Crippen molar-refractivity contribution < 1.29 is 9.84 Å². The van der Waals surface area contributed by atoms with Gasteiger partial charge < -0.3 is 14.7 Å². The van der Waals surface area contributed by atoms with Crippen LogP contribution < -0.4 is 4.74 Å². The third kappa shape index (κ3) is 2.10. The van der Waals surface area contributed by atoms with Crippen LogP contribution in [0.2, 0.25) is 0 Å². The minimum atomic E-state index is -0.131. The van der Waals surface area contributed by atoms with E-state index in [9.17, 15) is 5.11 Å². The first kappa shape index (κ1) is 20.0. The van der Waals surface area contributed by atoms with Crippen LogP contribution in [0, 0.1) is 12.3 Å². The number of ether oxygens (including phenoxy) is 1. The fourth-order valence-electron chi connectivity index (χ4n) is 7.56. The number of rotatable bonds is 0. The molecule has 32 heavy (non-hydrogen) atoms. The summed E-state index contributed by atoms with van der Waals surface area (Å²) in [6.07, 6.45) is 2.93. The quantitative estimate of drug-likeness (QED) is 0.516. The first-order valence-corrected chi connectivity index (χ1v) is 12.1. The van der Waals surface area contributed by atoms with E-state index in [2.05, 4.69) is 56.1 Å². The molecule has 7 rings (SSSR count). The van der Waals surface area contributed by atoms with E-state index in [0.29, 0.717) is 11.8 Å². The Balaban J connectivity index is 0.000000953. The zero-order chi connectivity index (χ0) is 22.4. The van der Waals surface area contributed by atoms with Crippen LogP contribution in [-0.2, 0) is 18.3 Å². The highest BCUT2D eigenvalue weighted by Crippen LogP contribution is 2.71. The summed E-state index contributed by atoms with van der Waals surface area (Å²) >= 11 is 0. The van der Waals surface area contributed by atoms with Crippen molar-refractivity contribution in [3.8, 4) is 11.5 Å². The Kier molecular flexibility index (Phi) is 4.06. The smallest absolute Gasteiger partial charge is 0.166 e. The molecular weight excluding hydrogens is 396 g/mol. The summed E-state index contributed by atoms with van der Waals surface area (Å²) in [6.45, 7) is 9.78. The van der Waals surface area contributed by atoms with Gasteiger partial charge in [-0.3, -0.25) is 0 Å². The van der Waals surface area contributed by atoms with Crippen molar-refractivity contribution in [2.75, 3.05) is 13.6 Å². The number of aryl methyl sites for hydroxylation is 1.